The number of nitrogens with one attached hydrogen (secondary N) is 1. The summed E-state index contributed by atoms with van der Waals surface area (Å²) in [5.41, 5.74) is 0. The molecule has 1 fully saturated rings. The summed E-state index contributed by atoms with van der Waals surface area (Å²) in [6.45, 7) is 5.46. The van der Waals surface area contributed by atoms with Crippen molar-refractivity contribution in [1.82, 2.24) is 9.62 Å². The van der Waals surface area contributed by atoms with Crippen molar-refractivity contribution in [3.63, 3.8) is 0 Å². The molecule has 1 atom stereocenters. The molecule has 0 aromatic carbocycles. The molecule has 1 heterocycles. The summed E-state index contributed by atoms with van der Waals surface area (Å²) in [5, 5.41) is 0. The molecule has 1 rings (SSSR count). The first-order valence-electron chi connectivity index (χ1n) is 6.05. The van der Waals surface area contributed by atoms with Gasteiger partial charge in [-0.25, -0.2) is 13.1 Å². The molecule has 0 radical (unpaired) electrons. The van der Waals surface area contributed by atoms with Crippen LogP contribution in [0.1, 0.15) is 33.1 Å². The van der Waals surface area contributed by atoms with Crippen LogP contribution in [-0.2, 0) is 14.8 Å². The highest BCUT2D eigenvalue weighted by Gasteiger charge is 2.28. The molecular weight excluding hydrogens is 240 g/mol. The molecule has 100 valence electrons. The molecular formula is C11H22N2O3S. The first-order valence-corrected chi connectivity index (χ1v) is 7.95. The van der Waals surface area contributed by atoms with Crippen LogP contribution in [0.15, 0.2) is 0 Å². The highest BCUT2D eigenvalue weighted by atomic mass is 32.2. The lowest BCUT2D eigenvalue weighted by molar-refractivity contribution is -0.132. The van der Waals surface area contributed by atoms with E-state index in [1.54, 1.807) is 4.90 Å². The number of amides is 1. The van der Waals surface area contributed by atoms with Gasteiger partial charge < -0.3 is 4.90 Å². The smallest absolute Gasteiger partial charge is 0.240 e. The van der Waals surface area contributed by atoms with Gasteiger partial charge in [0.05, 0.1) is 6.26 Å². The normalized spacial score (nSPS) is 18.7. The van der Waals surface area contributed by atoms with Crippen molar-refractivity contribution >= 4 is 15.9 Å². The van der Waals surface area contributed by atoms with Gasteiger partial charge in [0.1, 0.15) is 6.04 Å². The van der Waals surface area contributed by atoms with Crippen molar-refractivity contribution in [2.45, 2.75) is 39.2 Å². The zero-order valence-electron chi connectivity index (χ0n) is 10.8. The Balaban J connectivity index is 2.70. The van der Waals surface area contributed by atoms with Crippen LogP contribution < -0.4 is 4.72 Å². The fourth-order valence-corrected chi connectivity index (χ4v) is 2.80. The summed E-state index contributed by atoms with van der Waals surface area (Å²) in [5.74, 6) is 0.197. The minimum atomic E-state index is -3.34. The summed E-state index contributed by atoms with van der Waals surface area (Å²) < 4.78 is 25.0. The lowest BCUT2D eigenvalue weighted by Gasteiger charge is -2.24. The third-order valence-corrected chi connectivity index (χ3v) is 3.49. The third kappa shape index (κ3) is 5.04. The van der Waals surface area contributed by atoms with E-state index in [2.05, 4.69) is 4.72 Å². The molecule has 1 N–H and O–H groups in total. The molecule has 0 bridgehead atoms. The quantitative estimate of drug-likeness (QED) is 0.788. The average Bonchev–Trinajstić information content (AvgIpc) is 2.65. The van der Waals surface area contributed by atoms with Crippen LogP contribution >= 0.6 is 0 Å². The van der Waals surface area contributed by atoms with E-state index in [1.807, 2.05) is 13.8 Å². The third-order valence-electron chi connectivity index (χ3n) is 2.78. The van der Waals surface area contributed by atoms with E-state index >= 15 is 0 Å². The van der Waals surface area contributed by atoms with Crippen LogP contribution in [0.4, 0.5) is 0 Å². The van der Waals surface area contributed by atoms with Crippen molar-refractivity contribution in [2.24, 2.45) is 5.92 Å². The van der Waals surface area contributed by atoms with Crippen molar-refractivity contribution in [3.05, 3.63) is 0 Å². The number of likely N-dealkylation sites (tertiary alicyclic amines) is 1. The molecule has 1 aliphatic rings. The van der Waals surface area contributed by atoms with Crippen LogP contribution in [0.3, 0.4) is 0 Å². The number of hydrogen-bond acceptors (Lipinski definition) is 3. The largest absolute Gasteiger partial charge is 0.341 e. The first-order chi connectivity index (χ1) is 7.79. The predicted molar refractivity (Wildman–Crippen MR) is 67.0 cm³/mol. The van der Waals surface area contributed by atoms with Crippen molar-refractivity contribution < 1.29 is 13.2 Å². The molecule has 17 heavy (non-hydrogen) atoms. The van der Waals surface area contributed by atoms with Gasteiger partial charge in [0, 0.05) is 13.1 Å². The summed E-state index contributed by atoms with van der Waals surface area (Å²) in [6, 6.07) is -0.608. The topological polar surface area (TPSA) is 66.5 Å². The van der Waals surface area contributed by atoms with Gasteiger partial charge in [-0.3, -0.25) is 4.79 Å². The molecule has 1 amide bonds. The summed E-state index contributed by atoms with van der Waals surface area (Å²) in [7, 11) is -3.34. The Hall–Kier alpha value is -0.620. The Bertz CT molecular complexity index is 359. The second-order valence-electron chi connectivity index (χ2n) is 5.10. The van der Waals surface area contributed by atoms with E-state index < -0.39 is 16.1 Å². The van der Waals surface area contributed by atoms with E-state index in [-0.39, 0.29) is 11.8 Å². The Morgan fingerprint density at radius 3 is 2.24 bits per heavy atom. The number of nitrogens with zero attached hydrogens (tertiary/aromatic N) is 1. The maximum absolute atomic E-state index is 12.2. The Morgan fingerprint density at radius 2 is 1.82 bits per heavy atom. The van der Waals surface area contributed by atoms with Gasteiger partial charge in [-0.15, -0.1) is 0 Å². The summed E-state index contributed by atoms with van der Waals surface area (Å²) in [4.78, 5) is 13.9. The van der Waals surface area contributed by atoms with Crippen LogP contribution in [-0.4, -0.2) is 44.6 Å². The van der Waals surface area contributed by atoms with Gasteiger partial charge in [-0.05, 0) is 25.2 Å². The lowest BCUT2D eigenvalue weighted by Crippen LogP contribution is -2.48. The fourth-order valence-electron chi connectivity index (χ4n) is 2.09. The standard InChI is InChI=1S/C11H22N2O3S/c1-9(2)8-10(12-17(3,15)16)11(14)13-6-4-5-7-13/h9-10,12H,4-8H2,1-3H3. The Labute approximate surface area is 104 Å². The Kier molecular flexibility index (Phi) is 4.94. The molecule has 0 spiro atoms. The maximum atomic E-state index is 12.2. The monoisotopic (exact) mass is 262 g/mol. The number of sulfonamides is 1. The van der Waals surface area contributed by atoms with Gasteiger partial charge in [0.2, 0.25) is 15.9 Å². The van der Waals surface area contributed by atoms with E-state index in [0.717, 1.165) is 32.2 Å². The second-order valence-corrected chi connectivity index (χ2v) is 6.88. The number of rotatable bonds is 5. The Morgan fingerprint density at radius 1 is 1.29 bits per heavy atom. The van der Waals surface area contributed by atoms with Crippen LogP contribution in [0.25, 0.3) is 0 Å². The van der Waals surface area contributed by atoms with Gasteiger partial charge in [-0.1, -0.05) is 13.8 Å². The van der Waals surface area contributed by atoms with Gasteiger partial charge in [0.15, 0.2) is 0 Å². The van der Waals surface area contributed by atoms with Crippen molar-refractivity contribution in [2.75, 3.05) is 19.3 Å². The van der Waals surface area contributed by atoms with Gasteiger partial charge in [-0.2, -0.15) is 0 Å². The second kappa shape index (κ2) is 5.82. The molecule has 0 saturated carbocycles. The lowest BCUT2D eigenvalue weighted by atomic mass is 10.0. The molecule has 0 aliphatic carbocycles. The molecule has 1 unspecified atom stereocenters. The van der Waals surface area contributed by atoms with Crippen molar-refractivity contribution in [1.29, 1.82) is 0 Å². The van der Waals surface area contributed by atoms with Crippen molar-refractivity contribution in [3.8, 4) is 0 Å². The van der Waals surface area contributed by atoms with Crippen LogP contribution in [0, 0.1) is 5.92 Å². The van der Waals surface area contributed by atoms with Gasteiger partial charge >= 0.3 is 0 Å². The predicted octanol–water partition coefficient (Wildman–Crippen LogP) is 0.573. The van der Waals surface area contributed by atoms with E-state index in [9.17, 15) is 13.2 Å². The highest BCUT2D eigenvalue weighted by molar-refractivity contribution is 7.88. The first kappa shape index (κ1) is 14.4. The molecule has 0 aromatic heterocycles. The summed E-state index contributed by atoms with van der Waals surface area (Å²) >= 11 is 0. The minimum Gasteiger partial charge on any atom is -0.341 e. The van der Waals surface area contributed by atoms with Crippen LogP contribution in [0.2, 0.25) is 0 Å². The van der Waals surface area contributed by atoms with Gasteiger partial charge in [0.25, 0.3) is 0 Å². The molecule has 1 aliphatic heterocycles. The molecule has 5 nitrogen and oxygen atoms in total. The van der Waals surface area contributed by atoms with E-state index in [4.69, 9.17) is 0 Å². The zero-order valence-corrected chi connectivity index (χ0v) is 11.6. The maximum Gasteiger partial charge on any atom is 0.240 e. The highest BCUT2D eigenvalue weighted by Crippen LogP contribution is 2.13. The van der Waals surface area contributed by atoms with E-state index in [0.29, 0.717) is 6.42 Å². The van der Waals surface area contributed by atoms with Crippen LogP contribution in [0.5, 0.6) is 0 Å². The molecule has 6 heteroatoms. The summed E-state index contributed by atoms with van der Waals surface area (Å²) in [6.07, 6.45) is 3.66. The molecule has 0 aromatic rings. The average molecular weight is 262 g/mol. The number of carbonyl (C=O) groups is 1. The fraction of sp³-hybridized carbons (Fsp3) is 0.909. The molecule has 1 saturated heterocycles. The minimum absolute atomic E-state index is 0.0818. The number of hydrogen-bond donors (Lipinski definition) is 1. The SMILES string of the molecule is CC(C)CC(NS(C)(=O)=O)C(=O)N1CCCC1. The van der Waals surface area contributed by atoms with E-state index in [1.165, 1.54) is 0 Å². The number of carbonyl (C=O) groups excluding carboxylic acids is 1. The zero-order chi connectivity index (χ0) is 13.1.